The van der Waals surface area contributed by atoms with E-state index < -0.39 is 4.99 Å². The normalized spacial score (nSPS) is 23.2. The minimum absolute atomic E-state index is 0.456. The summed E-state index contributed by atoms with van der Waals surface area (Å²) < 4.78 is 5.39. The maximum absolute atomic E-state index is 6.55. The Balaban J connectivity index is 1.43. The first-order valence-corrected chi connectivity index (χ1v) is 9.22. The summed E-state index contributed by atoms with van der Waals surface area (Å²) in [6, 6.07) is 8.43. The van der Waals surface area contributed by atoms with Gasteiger partial charge in [-0.1, -0.05) is 36.0 Å². The molecule has 0 aliphatic carbocycles. The molecule has 132 valence electrons. The third kappa shape index (κ3) is 3.43. The molecule has 0 amide bonds. The summed E-state index contributed by atoms with van der Waals surface area (Å²) in [6.45, 7) is 4.77. The number of aromatic nitrogens is 2. The lowest BCUT2D eigenvalue weighted by molar-refractivity contribution is 0.0384. The van der Waals surface area contributed by atoms with E-state index in [-0.39, 0.29) is 0 Å². The minimum atomic E-state index is -0.769. The molecule has 0 saturated carbocycles. The minimum Gasteiger partial charge on any atom is -0.383 e. The Morgan fingerprint density at radius 3 is 2.68 bits per heavy atom. The molecule has 1 saturated heterocycles. The fourth-order valence-electron chi connectivity index (χ4n) is 3.10. The van der Waals surface area contributed by atoms with E-state index in [0.29, 0.717) is 11.6 Å². The van der Waals surface area contributed by atoms with Crippen molar-refractivity contribution in [2.45, 2.75) is 16.3 Å². The zero-order valence-electron chi connectivity index (χ0n) is 13.9. The molecule has 4 rings (SSSR count). The number of fused-ring (bicyclic) bond motifs is 1. The molecule has 1 aromatic heterocycles. The summed E-state index contributed by atoms with van der Waals surface area (Å²) >= 11 is 1.45. The van der Waals surface area contributed by atoms with Gasteiger partial charge in [0.1, 0.15) is 18.0 Å². The van der Waals surface area contributed by atoms with Gasteiger partial charge in [0, 0.05) is 25.2 Å². The van der Waals surface area contributed by atoms with Crippen molar-refractivity contribution < 1.29 is 4.74 Å². The van der Waals surface area contributed by atoms with Crippen molar-refractivity contribution in [3.63, 3.8) is 0 Å². The van der Waals surface area contributed by atoms with Crippen LogP contribution in [0.1, 0.15) is 11.1 Å². The smallest absolute Gasteiger partial charge is 0.167 e. The lowest BCUT2D eigenvalue weighted by Crippen LogP contribution is -2.38. The van der Waals surface area contributed by atoms with Crippen molar-refractivity contribution in [1.29, 1.82) is 0 Å². The van der Waals surface area contributed by atoms with Crippen LogP contribution in [0.2, 0.25) is 0 Å². The first-order chi connectivity index (χ1) is 12.1. The van der Waals surface area contributed by atoms with E-state index in [1.165, 1.54) is 23.7 Å². The van der Waals surface area contributed by atoms with Crippen LogP contribution in [0.3, 0.4) is 0 Å². The Labute approximate surface area is 151 Å². The van der Waals surface area contributed by atoms with Gasteiger partial charge in [0.2, 0.25) is 0 Å². The molecule has 1 atom stereocenters. The van der Waals surface area contributed by atoms with Crippen LogP contribution in [-0.2, 0) is 16.2 Å². The van der Waals surface area contributed by atoms with E-state index in [2.05, 4.69) is 44.5 Å². The summed E-state index contributed by atoms with van der Waals surface area (Å²) in [5, 5.41) is 3.26. The average molecular weight is 358 g/mol. The number of nitrogens with zero attached hydrogens (tertiary/aromatic N) is 3. The van der Waals surface area contributed by atoms with E-state index in [4.69, 9.17) is 16.2 Å². The van der Waals surface area contributed by atoms with Gasteiger partial charge < -0.3 is 15.8 Å². The summed E-state index contributed by atoms with van der Waals surface area (Å²) in [6.07, 6.45) is 2.47. The van der Waals surface area contributed by atoms with Crippen molar-refractivity contribution in [3.05, 3.63) is 41.7 Å². The van der Waals surface area contributed by atoms with Crippen molar-refractivity contribution >= 4 is 23.4 Å². The molecule has 1 unspecified atom stereocenters. The molecule has 8 heteroatoms. The van der Waals surface area contributed by atoms with E-state index in [1.54, 1.807) is 0 Å². The monoisotopic (exact) mass is 358 g/mol. The number of anilines is 2. The molecular formula is C17H22N6OS. The number of nitrogen functional groups attached to an aromatic ring is 1. The van der Waals surface area contributed by atoms with Crippen molar-refractivity contribution in [3.8, 4) is 0 Å². The fourth-order valence-corrected chi connectivity index (χ4v) is 4.18. The van der Waals surface area contributed by atoms with Gasteiger partial charge in [-0.25, -0.2) is 9.97 Å². The van der Waals surface area contributed by atoms with Gasteiger partial charge in [0.05, 0.1) is 18.1 Å². The molecule has 0 bridgehead atoms. The molecule has 2 aliphatic heterocycles. The number of ether oxygens (including phenoxy) is 1. The Hall–Kier alpha value is -1.87. The maximum atomic E-state index is 6.55. The zero-order valence-corrected chi connectivity index (χ0v) is 14.8. The van der Waals surface area contributed by atoms with E-state index in [1.807, 2.05) is 0 Å². The maximum Gasteiger partial charge on any atom is 0.167 e. The summed E-state index contributed by atoms with van der Waals surface area (Å²) in [5.41, 5.74) is 14.8. The molecule has 3 heterocycles. The predicted octanol–water partition coefficient (Wildman–Crippen LogP) is 1.22. The molecule has 2 aromatic rings. The van der Waals surface area contributed by atoms with Gasteiger partial charge in [-0.05, 0) is 12.0 Å². The van der Waals surface area contributed by atoms with Gasteiger partial charge in [-0.15, -0.1) is 0 Å². The number of hydrogen-bond donors (Lipinski definition) is 3. The Bertz CT molecular complexity index is 749. The fraction of sp³-hybridized carbons (Fsp3) is 0.412. The van der Waals surface area contributed by atoms with Gasteiger partial charge in [-0.2, -0.15) is 0 Å². The Morgan fingerprint density at radius 2 is 1.96 bits per heavy atom. The molecule has 2 aliphatic rings. The van der Waals surface area contributed by atoms with Crippen LogP contribution in [0.25, 0.3) is 0 Å². The number of morpholine rings is 1. The average Bonchev–Trinajstić information content (AvgIpc) is 3.00. The van der Waals surface area contributed by atoms with Crippen LogP contribution >= 0.6 is 11.8 Å². The Kier molecular flexibility index (Phi) is 4.51. The number of benzene rings is 1. The molecule has 0 radical (unpaired) electrons. The highest BCUT2D eigenvalue weighted by molar-refractivity contribution is 8.01. The molecular weight excluding hydrogens is 336 g/mol. The Morgan fingerprint density at radius 1 is 1.20 bits per heavy atom. The predicted molar refractivity (Wildman–Crippen MR) is 99.2 cm³/mol. The molecule has 25 heavy (non-hydrogen) atoms. The van der Waals surface area contributed by atoms with Crippen LogP contribution < -0.4 is 16.8 Å². The second-order valence-electron chi connectivity index (χ2n) is 6.30. The number of thioether (sulfide) groups is 1. The van der Waals surface area contributed by atoms with Gasteiger partial charge in [-0.3, -0.25) is 10.6 Å². The quantitative estimate of drug-likeness (QED) is 0.750. The van der Waals surface area contributed by atoms with E-state index >= 15 is 0 Å². The number of nitrogens with one attached hydrogen (secondary N) is 1. The summed E-state index contributed by atoms with van der Waals surface area (Å²) in [7, 11) is 0. The molecule has 0 spiro atoms. The largest absolute Gasteiger partial charge is 0.383 e. The zero-order chi connectivity index (χ0) is 17.3. The summed E-state index contributed by atoms with van der Waals surface area (Å²) in [4.78, 5) is 10.7. The van der Waals surface area contributed by atoms with Gasteiger partial charge in [0.25, 0.3) is 0 Å². The third-order valence-electron chi connectivity index (χ3n) is 4.60. The topological polar surface area (TPSA) is 102 Å². The number of hydrogen-bond acceptors (Lipinski definition) is 8. The van der Waals surface area contributed by atoms with E-state index in [9.17, 15) is 0 Å². The van der Waals surface area contributed by atoms with Crippen molar-refractivity contribution in [2.24, 2.45) is 5.73 Å². The molecule has 1 aromatic carbocycles. The molecule has 5 N–H and O–H groups in total. The van der Waals surface area contributed by atoms with Gasteiger partial charge >= 0.3 is 0 Å². The van der Waals surface area contributed by atoms with Gasteiger partial charge in [0.15, 0.2) is 4.99 Å². The van der Waals surface area contributed by atoms with Crippen LogP contribution in [-0.4, -0.2) is 47.7 Å². The van der Waals surface area contributed by atoms with Crippen LogP contribution in [0.4, 0.5) is 11.6 Å². The second kappa shape index (κ2) is 6.80. The molecule has 7 nitrogen and oxygen atoms in total. The summed E-state index contributed by atoms with van der Waals surface area (Å²) in [5.74, 6) is 1.15. The lowest BCUT2D eigenvalue weighted by atomic mass is 10.1. The molecule has 1 fully saturated rings. The third-order valence-corrected chi connectivity index (χ3v) is 5.87. The highest BCUT2D eigenvalue weighted by atomic mass is 32.2. The first kappa shape index (κ1) is 16.6. The number of rotatable bonds is 4. The highest BCUT2D eigenvalue weighted by Crippen LogP contribution is 2.48. The van der Waals surface area contributed by atoms with Crippen LogP contribution in [0.5, 0.6) is 0 Å². The number of nitrogens with two attached hydrogens (primary N) is 2. The standard InChI is InChI=1S/C17H22N6OS/c18-15-14-16(21-11-20-15)22-17(19,25-14)13-3-1-12(2-4-13)5-6-23-7-9-24-10-8-23/h1-4,11H,5-10,19H2,(H3,18,20,21,22). The SMILES string of the molecule is Nc1ncnc2c1SC(N)(c1ccc(CCN3CCOCC3)cc1)N2. The van der Waals surface area contributed by atoms with Crippen molar-refractivity contribution in [1.82, 2.24) is 14.9 Å². The first-order valence-electron chi connectivity index (χ1n) is 8.40. The lowest BCUT2D eigenvalue weighted by Gasteiger charge is -2.27. The second-order valence-corrected chi connectivity index (χ2v) is 7.56. The highest BCUT2D eigenvalue weighted by Gasteiger charge is 2.38. The van der Waals surface area contributed by atoms with Crippen LogP contribution in [0.15, 0.2) is 35.5 Å². The van der Waals surface area contributed by atoms with Crippen LogP contribution in [0, 0.1) is 0 Å². The van der Waals surface area contributed by atoms with E-state index in [0.717, 1.165) is 49.7 Å². The van der Waals surface area contributed by atoms with Crippen molar-refractivity contribution in [2.75, 3.05) is 43.9 Å².